The summed E-state index contributed by atoms with van der Waals surface area (Å²) >= 11 is 0. The normalized spacial score (nSPS) is 21.0. The van der Waals surface area contributed by atoms with Crippen LogP contribution in [0.4, 0.5) is 0 Å². The highest BCUT2D eigenvalue weighted by Crippen LogP contribution is 2.34. The number of hydrogen-bond donors (Lipinski definition) is 2. The summed E-state index contributed by atoms with van der Waals surface area (Å²) in [5, 5.41) is 0. The van der Waals surface area contributed by atoms with Crippen molar-refractivity contribution >= 4 is 0 Å². The standard InChI is InChI=1S/C16H34N2O/c1-3-4-5-6-9-12-15(18-17)16(19-2)13-10-7-8-11-14-16/h15,18H,3-14,17H2,1-2H3. The predicted molar refractivity (Wildman–Crippen MR) is 81.9 cm³/mol. The van der Waals surface area contributed by atoms with E-state index in [-0.39, 0.29) is 5.60 Å². The van der Waals surface area contributed by atoms with E-state index in [4.69, 9.17) is 10.6 Å². The SMILES string of the molecule is CCCCCCCC(NN)C1(OC)CCCCCC1. The minimum atomic E-state index is -0.0179. The van der Waals surface area contributed by atoms with E-state index in [1.165, 1.54) is 57.8 Å². The van der Waals surface area contributed by atoms with Crippen molar-refractivity contribution in [2.45, 2.75) is 95.6 Å². The summed E-state index contributed by atoms with van der Waals surface area (Å²) in [4.78, 5) is 0. The van der Waals surface area contributed by atoms with Gasteiger partial charge >= 0.3 is 0 Å². The van der Waals surface area contributed by atoms with Crippen molar-refractivity contribution < 1.29 is 4.74 Å². The van der Waals surface area contributed by atoms with Gasteiger partial charge < -0.3 is 4.74 Å². The van der Waals surface area contributed by atoms with Crippen molar-refractivity contribution in [3.8, 4) is 0 Å². The van der Waals surface area contributed by atoms with Crippen LogP contribution >= 0.6 is 0 Å². The van der Waals surface area contributed by atoms with Crippen LogP contribution < -0.4 is 11.3 Å². The molecule has 0 radical (unpaired) electrons. The van der Waals surface area contributed by atoms with Gasteiger partial charge in [-0.1, -0.05) is 64.7 Å². The molecule has 114 valence electrons. The van der Waals surface area contributed by atoms with Crippen molar-refractivity contribution in [1.29, 1.82) is 0 Å². The van der Waals surface area contributed by atoms with Gasteiger partial charge in [0.15, 0.2) is 0 Å². The topological polar surface area (TPSA) is 47.3 Å². The Labute approximate surface area is 119 Å². The Kier molecular flexibility index (Phi) is 8.67. The van der Waals surface area contributed by atoms with E-state index in [1.807, 2.05) is 7.11 Å². The highest BCUT2D eigenvalue weighted by Gasteiger charge is 2.38. The van der Waals surface area contributed by atoms with Crippen LogP contribution in [0.1, 0.15) is 84.0 Å². The fourth-order valence-electron chi connectivity index (χ4n) is 3.47. The first-order chi connectivity index (χ1) is 9.29. The summed E-state index contributed by atoms with van der Waals surface area (Å²) in [6.45, 7) is 2.26. The Morgan fingerprint density at radius 1 is 1.05 bits per heavy atom. The fourth-order valence-corrected chi connectivity index (χ4v) is 3.47. The summed E-state index contributed by atoms with van der Waals surface area (Å²) in [6, 6.07) is 0.317. The number of rotatable bonds is 9. The summed E-state index contributed by atoms with van der Waals surface area (Å²) < 4.78 is 5.95. The third-order valence-corrected chi connectivity index (χ3v) is 4.79. The van der Waals surface area contributed by atoms with Gasteiger partial charge in [0, 0.05) is 7.11 Å². The number of methoxy groups -OCH3 is 1. The minimum Gasteiger partial charge on any atom is -0.377 e. The summed E-state index contributed by atoms with van der Waals surface area (Å²) in [5.41, 5.74) is 3.04. The maximum absolute atomic E-state index is 5.95. The van der Waals surface area contributed by atoms with Crippen LogP contribution in [-0.4, -0.2) is 18.8 Å². The van der Waals surface area contributed by atoms with Crippen LogP contribution in [0.25, 0.3) is 0 Å². The summed E-state index contributed by atoms with van der Waals surface area (Å²) in [5.74, 6) is 5.83. The quantitative estimate of drug-likeness (QED) is 0.289. The first-order valence-electron chi connectivity index (χ1n) is 8.30. The van der Waals surface area contributed by atoms with Crippen molar-refractivity contribution in [3.63, 3.8) is 0 Å². The van der Waals surface area contributed by atoms with Crippen LogP contribution in [0.2, 0.25) is 0 Å². The molecule has 0 spiro atoms. The molecular weight excluding hydrogens is 236 g/mol. The molecule has 0 aromatic carbocycles. The molecule has 19 heavy (non-hydrogen) atoms. The number of nitrogens with one attached hydrogen (secondary N) is 1. The molecule has 3 heteroatoms. The fraction of sp³-hybridized carbons (Fsp3) is 1.00. The highest BCUT2D eigenvalue weighted by atomic mass is 16.5. The Morgan fingerprint density at radius 3 is 2.21 bits per heavy atom. The maximum atomic E-state index is 5.95. The second kappa shape index (κ2) is 9.73. The van der Waals surface area contributed by atoms with E-state index in [1.54, 1.807) is 0 Å². The van der Waals surface area contributed by atoms with Gasteiger partial charge in [0.05, 0.1) is 11.6 Å². The Bertz CT molecular complexity index is 213. The van der Waals surface area contributed by atoms with Gasteiger partial charge in [0.1, 0.15) is 0 Å². The van der Waals surface area contributed by atoms with E-state index in [0.717, 1.165) is 19.3 Å². The first-order valence-corrected chi connectivity index (χ1v) is 8.30. The third-order valence-electron chi connectivity index (χ3n) is 4.79. The van der Waals surface area contributed by atoms with Crippen molar-refractivity contribution in [1.82, 2.24) is 5.43 Å². The predicted octanol–water partition coefficient (Wildman–Crippen LogP) is 3.92. The summed E-state index contributed by atoms with van der Waals surface area (Å²) in [7, 11) is 1.87. The smallest absolute Gasteiger partial charge is 0.0844 e. The van der Waals surface area contributed by atoms with Gasteiger partial charge in [-0.2, -0.15) is 0 Å². The van der Waals surface area contributed by atoms with Gasteiger partial charge in [-0.3, -0.25) is 11.3 Å². The Balaban J connectivity index is 2.44. The highest BCUT2D eigenvalue weighted by molar-refractivity contribution is 4.93. The average molecular weight is 270 g/mol. The Hall–Kier alpha value is -0.120. The van der Waals surface area contributed by atoms with Gasteiger partial charge in [0.25, 0.3) is 0 Å². The Morgan fingerprint density at radius 2 is 1.68 bits per heavy atom. The molecule has 3 nitrogen and oxygen atoms in total. The summed E-state index contributed by atoms with van der Waals surface area (Å²) in [6.07, 6.45) is 15.3. The number of nitrogens with two attached hydrogens (primary N) is 1. The van der Waals surface area contributed by atoms with E-state index in [2.05, 4.69) is 12.3 Å². The molecule has 0 amide bonds. The van der Waals surface area contributed by atoms with Crippen molar-refractivity contribution in [2.75, 3.05) is 7.11 Å². The molecule has 1 rings (SSSR count). The lowest BCUT2D eigenvalue weighted by atomic mass is 9.83. The zero-order chi connectivity index (χ0) is 14.0. The molecule has 1 saturated carbocycles. The van der Waals surface area contributed by atoms with Gasteiger partial charge in [-0.25, -0.2) is 0 Å². The average Bonchev–Trinajstić information content (AvgIpc) is 2.69. The number of unbranched alkanes of at least 4 members (excludes halogenated alkanes) is 4. The minimum absolute atomic E-state index is 0.0179. The molecule has 3 N–H and O–H groups in total. The van der Waals surface area contributed by atoms with E-state index >= 15 is 0 Å². The second-order valence-electron chi connectivity index (χ2n) is 6.11. The van der Waals surface area contributed by atoms with Crippen molar-refractivity contribution in [3.05, 3.63) is 0 Å². The molecule has 0 bridgehead atoms. The van der Waals surface area contributed by atoms with Crippen LogP contribution in [0, 0.1) is 0 Å². The molecule has 1 fully saturated rings. The molecule has 1 atom stereocenters. The lowest BCUT2D eigenvalue weighted by Crippen LogP contribution is -2.54. The van der Waals surface area contributed by atoms with E-state index < -0.39 is 0 Å². The van der Waals surface area contributed by atoms with E-state index in [0.29, 0.717) is 6.04 Å². The molecule has 0 heterocycles. The van der Waals surface area contributed by atoms with Gasteiger partial charge in [0.2, 0.25) is 0 Å². The molecule has 0 aliphatic heterocycles. The largest absolute Gasteiger partial charge is 0.377 e. The third kappa shape index (κ3) is 5.41. The molecule has 0 saturated heterocycles. The lowest BCUT2D eigenvalue weighted by molar-refractivity contribution is -0.0553. The number of hydrogen-bond acceptors (Lipinski definition) is 3. The first kappa shape index (κ1) is 16.9. The molecule has 1 unspecified atom stereocenters. The molecule has 0 aromatic heterocycles. The van der Waals surface area contributed by atoms with Crippen LogP contribution in [0.5, 0.6) is 0 Å². The van der Waals surface area contributed by atoms with E-state index in [9.17, 15) is 0 Å². The van der Waals surface area contributed by atoms with Gasteiger partial charge in [-0.05, 0) is 19.3 Å². The maximum Gasteiger partial charge on any atom is 0.0844 e. The number of ether oxygens (including phenoxy) is 1. The molecule has 1 aliphatic carbocycles. The zero-order valence-corrected chi connectivity index (χ0v) is 13.0. The van der Waals surface area contributed by atoms with Crippen LogP contribution in [0.3, 0.4) is 0 Å². The molecule has 1 aliphatic rings. The van der Waals surface area contributed by atoms with Gasteiger partial charge in [-0.15, -0.1) is 0 Å². The zero-order valence-electron chi connectivity index (χ0n) is 13.0. The van der Waals surface area contributed by atoms with Crippen molar-refractivity contribution in [2.24, 2.45) is 5.84 Å². The number of hydrazine groups is 1. The van der Waals surface area contributed by atoms with Crippen LogP contribution in [-0.2, 0) is 4.74 Å². The molecule has 0 aromatic rings. The second-order valence-corrected chi connectivity index (χ2v) is 6.11. The lowest BCUT2D eigenvalue weighted by Gasteiger charge is -2.39. The monoisotopic (exact) mass is 270 g/mol. The van der Waals surface area contributed by atoms with Crippen LogP contribution in [0.15, 0.2) is 0 Å². The molecular formula is C16H34N2O.